The Morgan fingerprint density at radius 3 is 2.85 bits per heavy atom. The van der Waals surface area contributed by atoms with E-state index in [0.29, 0.717) is 5.56 Å². The van der Waals surface area contributed by atoms with Crippen LogP contribution in [-0.4, -0.2) is 37.9 Å². The minimum Gasteiger partial charge on any atom is -0.468 e. The predicted molar refractivity (Wildman–Crippen MR) is 72.4 cm³/mol. The van der Waals surface area contributed by atoms with Crippen molar-refractivity contribution < 1.29 is 22.9 Å². The minimum absolute atomic E-state index is 0.0194. The van der Waals surface area contributed by atoms with E-state index in [4.69, 9.17) is 0 Å². The van der Waals surface area contributed by atoms with Gasteiger partial charge in [-0.3, -0.25) is 14.9 Å². The highest BCUT2D eigenvalue weighted by Gasteiger charge is 2.36. The van der Waals surface area contributed by atoms with Crippen LogP contribution in [-0.2, 0) is 19.4 Å². The fourth-order valence-electron chi connectivity index (χ4n) is 1.92. The number of nitrogens with zero attached hydrogens (tertiary/aromatic N) is 1. The number of thioether (sulfide) groups is 1. The molecule has 1 heterocycles. The molecule has 0 saturated carbocycles. The normalized spacial score (nSPS) is 19.4. The molecule has 1 atom stereocenters. The Balaban J connectivity index is 2.32. The summed E-state index contributed by atoms with van der Waals surface area (Å²) in [7, 11) is -2.29. The summed E-state index contributed by atoms with van der Waals surface area (Å²) < 4.78 is 28.5. The van der Waals surface area contributed by atoms with Gasteiger partial charge in [-0.2, -0.15) is 0 Å². The quantitative estimate of drug-likeness (QED) is 0.468. The van der Waals surface area contributed by atoms with E-state index in [1.165, 1.54) is 19.2 Å². The Labute approximate surface area is 119 Å². The molecule has 0 aliphatic carbocycles. The number of esters is 1. The van der Waals surface area contributed by atoms with Crippen LogP contribution in [0.2, 0.25) is 0 Å². The molecule has 20 heavy (non-hydrogen) atoms. The van der Waals surface area contributed by atoms with E-state index in [-0.39, 0.29) is 22.1 Å². The molecule has 1 aromatic rings. The number of non-ortho nitro benzene ring substituents is 1. The first kappa shape index (κ1) is 14.8. The summed E-state index contributed by atoms with van der Waals surface area (Å²) in [6.45, 7) is 0. The fourth-order valence-corrected chi connectivity index (χ4v) is 5.38. The topological polar surface area (TPSA) is 104 Å². The smallest absolute Gasteiger partial charge is 0.315 e. The molecule has 1 aliphatic heterocycles. The maximum Gasteiger partial charge on any atom is 0.315 e. The average Bonchev–Trinajstić information content (AvgIpc) is 2.67. The zero-order valence-electron chi connectivity index (χ0n) is 10.4. The van der Waals surface area contributed by atoms with Gasteiger partial charge in [0, 0.05) is 17.4 Å². The molecule has 108 valence electrons. The van der Waals surface area contributed by atoms with E-state index in [1.54, 1.807) is 0 Å². The highest BCUT2D eigenvalue weighted by molar-refractivity contribution is 8.02. The maximum absolute atomic E-state index is 12.0. The molecule has 0 aromatic heterocycles. The third-order valence-corrected chi connectivity index (χ3v) is 6.12. The molecule has 7 nitrogen and oxygen atoms in total. The summed E-state index contributed by atoms with van der Waals surface area (Å²) in [5.74, 6) is -0.569. The number of methoxy groups -OCH3 is 1. The summed E-state index contributed by atoms with van der Waals surface area (Å²) >= 11 is 1.15. The Hall–Kier alpha value is -1.61. The van der Waals surface area contributed by atoms with Crippen LogP contribution in [0.4, 0.5) is 5.69 Å². The van der Waals surface area contributed by atoms with Gasteiger partial charge in [0.15, 0.2) is 9.84 Å². The second-order valence-electron chi connectivity index (χ2n) is 4.14. The van der Waals surface area contributed by atoms with Gasteiger partial charge in [-0.15, -0.1) is 11.8 Å². The van der Waals surface area contributed by atoms with Crippen molar-refractivity contribution >= 4 is 33.3 Å². The van der Waals surface area contributed by atoms with Gasteiger partial charge in [0.2, 0.25) is 0 Å². The molecule has 0 spiro atoms. The fraction of sp³-hybridized carbons (Fsp3) is 0.364. The number of fused-ring (bicyclic) bond motifs is 1. The Morgan fingerprint density at radius 2 is 2.25 bits per heavy atom. The van der Waals surface area contributed by atoms with Gasteiger partial charge in [0.05, 0.1) is 28.4 Å². The second-order valence-corrected chi connectivity index (χ2v) is 7.33. The Morgan fingerprint density at radius 1 is 1.55 bits per heavy atom. The Bertz CT molecular complexity index is 669. The lowest BCUT2D eigenvalue weighted by Crippen LogP contribution is -2.07. The first-order chi connectivity index (χ1) is 9.35. The molecule has 2 rings (SSSR count). The summed E-state index contributed by atoms with van der Waals surface area (Å²) in [6, 6.07) is 3.78. The molecule has 1 aromatic carbocycles. The van der Waals surface area contributed by atoms with Crippen molar-refractivity contribution in [1.82, 2.24) is 0 Å². The molecular weight excluding hydrogens is 306 g/mol. The van der Waals surface area contributed by atoms with Gasteiger partial charge >= 0.3 is 5.97 Å². The molecule has 1 aliphatic rings. The van der Waals surface area contributed by atoms with Gasteiger partial charge in [0.1, 0.15) is 0 Å². The van der Waals surface area contributed by atoms with Crippen molar-refractivity contribution in [3.8, 4) is 0 Å². The molecular formula is C11H11NO6S2. The first-order valence-corrected chi connectivity index (χ1v) is 8.25. The van der Waals surface area contributed by atoms with Crippen molar-refractivity contribution in [2.45, 2.75) is 10.1 Å². The van der Waals surface area contributed by atoms with E-state index < -0.39 is 26.0 Å². The average molecular weight is 317 g/mol. The van der Waals surface area contributed by atoms with Crippen LogP contribution in [0.5, 0.6) is 0 Å². The number of benzene rings is 1. The van der Waals surface area contributed by atoms with Gasteiger partial charge in [-0.25, -0.2) is 8.42 Å². The van der Waals surface area contributed by atoms with Crippen LogP contribution in [0.25, 0.3) is 0 Å². The van der Waals surface area contributed by atoms with Crippen molar-refractivity contribution in [2.24, 2.45) is 0 Å². The SMILES string of the molecule is COC(=O)CS[C@@H]1CS(=O)(=O)c2cc([N+](=O)[O-])ccc21. The van der Waals surface area contributed by atoms with Crippen molar-refractivity contribution in [3.63, 3.8) is 0 Å². The van der Waals surface area contributed by atoms with Crippen molar-refractivity contribution in [2.75, 3.05) is 18.6 Å². The van der Waals surface area contributed by atoms with Crippen molar-refractivity contribution in [3.05, 3.63) is 33.9 Å². The standard InChI is InChI=1S/C11H11NO6S2/c1-18-11(13)5-19-9-6-20(16,17)10-4-7(12(14)15)2-3-8(9)10/h2-4,9H,5-6H2,1H3/t9-/m1/s1. The highest BCUT2D eigenvalue weighted by Crippen LogP contribution is 2.43. The molecule has 0 radical (unpaired) electrons. The third kappa shape index (κ3) is 2.78. The number of nitro groups is 1. The van der Waals surface area contributed by atoms with E-state index in [1.807, 2.05) is 0 Å². The summed E-state index contributed by atoms with van der Waals surface area (Å²) in [5, 5.41) is 10.3. The van der Waals surface area contributed by atoms with Crippen LogP contribution in [0.3, 0.4) is 0 Å². The lowest BCUT2D eigenvalue weighted by Gasteiger charge is -2.08. The lowest BCUT2D eigenvalue weighted by molar-refractivity contribution is -0.385. The van der Waals surface area contributed by atoms with Gasteiger partial charge < -0.3 is 4.74 Å². The summed E-state index contributed by atoms with van der Waals surface area (Å²) in [5.41, 5.74) is 0.246. The van der Waals surface area contributed by atoms with Crippen LogP contribution < -0.4 is 0 Å². The van der Waals surface area contributed by atoms with Crippen LogP contribution in [0.1, 0.15) is 10.8 Å². The predicted octanol–water partition coefficient (Wildman–Crippen LogP) is 1.33. The van der Waals surface area contributed by atoms with Crippen LogP contribution in [0, 0.1) is 10.1 Å². The monoisotopic (exact) mass is 317 g/mol. The lowest BCUT2D eigenvalue weighted by atomic mass is 10.1. The number of hydrogen-bond acceptors (Lipinski definition) is 7. The summed E-state index contributed by atoms with van der Waals surface area (Å²) in [6.07, 6.45) is 0. The zero-order chi connectivity index (χ0) is 14.9. The maximum atomic E-state index is 12.0. The highest BCUT2D eigenvalue weighted by atomic mass is 32.2. The molecule has 0 amide bonds. The van der Waals surface area contributed by atoms with E-state index in [9.17, 15) is 23.3 Å². The number of rotatable bonds is 4. The van der Waals surface area contributed by atoms with Gasteiger partial charge in [-0.1, -0.05) is 0 Å². The van der Waals surface area contributed by atoms with Gasteiger partial charge in [-0.05, 0) is 11.6 Å². The molecule has 0 unspecified atom stereocenters. The molecule has 0 fully saturated rings. The number of carbonyl (C=O) groups is 1. The zero-order valence-corrected chi connectivity index (χ0v) is 12.1. The number of ether oxygens (including phenoxy) is 1. The molecule has 0 bridgehead atoms. The number of nitro benzene ring substituents is 1. The molecule has 9 heteroatoms. The first-order valence-electron chi connectivity index (χ1n) is 5.54. The van der Waals surface area contributed by atoms with Gasteiger partial charge in [0.25, 0.3) is 5.69 Å². The molecule has 0 saturated heterocycles. The third-order valence-electron chi connectivity index (χ3n) is 2.89. The number of hydrogen-bond donors (Lipinski definition) is 0. The number of carbonyl (C=O) groups excluding carboxylic acids is 1. The number of sulfone groups is 1. The Kier molecular flexibility index (Phi) is 4.00. The van der Waals surface area contributed by atoms with E-state index in [2.05, 4.69) is 4.74 Å². The summed E-state index contributed by atoms with van der Waals surface area (Å²) in [4.78, 5) is 21.1. The largest absolute Gasteiger partial charge is 0.468 e. The molecule has 0 N–H and O–H groups in total. The minimum atomic E-state index is -3.54. The second kappa shape index (κ2) is 5.41. The van der Waals surface area contributed by atoms with Crippen molar-refractivity contribution in [1.29, 1.82) is 0 Å². The van der Waals surface area contributed by atoms with Crippen LogP contribution >= 0.6 is 11.8 Å². The van der Waals surface area contributed by atoms with E-state index in [0.717, 1.165) is 17.8 Å². The van der Waals surface area contributed by atoms with E-state index >= 15 is 0 Å². The van der Waals surface area contributed by atoms with Crippen LogP contribution in [0.15, 0.2) is 23.1 Å².